The van der Waals surface area contributed by atoms with Gasteiger partial charge in [0.2, 0.25) is 0 Å². The van der Waals surface area contributed by atoms with Gasteiger partial charge in [-0.1, -0.05) is 0 Å². The van der Waals surface area contributed by atoms with Gasteiger partial charge in [0.1, 0.15) is 23.2 Å². The Balaban J connectivity index is 1.71. The van der Waals surface area contributed by atoms with Crippen LogP contribution in [-0.2, 0) is 6.54 Å². The van der Waals surface area contributed by atoms with Crippen LogP contribution < -0.4 is 9.64 Å². The molecule has 3 rings (SSSR count). The van der Waals surface area contributed by atoms with Gasteiger partial charge in [-0.3, -0.25) is 4.90 Å². The fourth-order valence-electron chi connectivity index (χ4n) is 2.84. The quantitative estimate of drug-likeness (QED) is 0.853. The lowest BCUT2D eigenvalue weighted by Crippen LogP contribution is -2.46. The Kier molecular flexibility index (Phi) is 4.87. The van der Waals surface area contributed by atoms with Crippen molar-refractivity contribution in [2.24, 2.45) is 0 Å². The van der Waals surface area contributed by atoms with E-state index < -0.39 is 5.82 Å². The van der Waals surface area contributed by atoms with Crippen molar-refractivity contribution in [2.75, 3.05) is 38.2 Å². The first kappa shape index (κ1) is 16.1. The third-order valence-corrected chi connectivity index (χ3v) is 4.12. The van der Waals surface area contributed by atoms with E-state index in [0.717, 1.165) is 25.3 Å². The van der Waals surface area contributed by atoms with E-state index in [1.54, 1.807) is 12.3 Å². The molecule has 1 aliphatic heterocycles. The molecular formula is C17H18FN5O. The Hall–Kier alpha value is -2.72. The third-order valence-electron chi connectivity index (χ3n) is 4.12. The van der Waals surface area contributed by atoms with E-state index in [4.69, 9.17) is 4.74 Å². The summed E-state index contributed by atoms with van der Waals surface area (Å²) < 4.78 is 19.2. The number of nitriles is 1. The molecule has 1 aromatic carbocycles. The predicted molar refractivity (Wildman–Crippen MR) is 87.2 cm³/mol. The van der Waals surface area contributed by atoms with E-state index in [0.29, 0.717) is 24.5 Å². The highest BCUT2D eigenvalue weighted by Gasteiger charge is 2.22. The Bertz CT molecular complexity index is 739. The lowest BCUT2D eigenvalue weighted by molar-refractivity contribution is 0.246. The number of halogens is 1. The second-order valence-electron chi connectivity index (χ2n) is 5.59. The molecule has 1 saturated heterocycles. The Morgan fingerprint density at radius 3 is 2.71 bits per heavy atom. The minimum absolute atomic E-state index is 0.0678. The fraction of sp³-hybridized carbons (Fsp3) is 0.353. The molecule has 2 aromatic rings. The summed E-state index contributed by atoms with van der Waals surface area (Å²) >= 11 is 0. The molecule has 0 bridgehead atoms. The zero-order valence-corrected chi connectivity index (χ0v) is 13.4. The molecule has 7 heteroatoms. The first-order valence-corrected chi connectivity index (χ1v) is 7.73. The van der Waals surface area contributed by atoms with Gasteiger partial charge in [0.25, 0.3) is 0 Å². The predicted octanol–water partition coefficient (Wildman–Crippen LogP) is 1.82. The minimum Gasteiger partial charge on any atom is -0.497 e. The van der Waals surface area contributed by atoms with Crippen LogP contribution in [0.4, 0.5) is 10.1 Å². The van der Waals surface area contributed by atoms with Gasteiger partial charge in [-0.2, -0.15) is 15.5 Å². The maximum Gasteiger partial charge on any atom is 0.146 e. The Labute approximate surface area is 140 Å². The van der Waals surface area contributed by atoms with Crippen molar-refractivity contribution < 1.29 is 9.13 Å². The average Bonchev–Trinajstić information content (AvgIpc) is 2.62. The van der Waals surface area contributed by atoms with E-state index in [1.807, 2.05) is 23.1 Å². The highest BCUT2D eigenvalue weighted by molar-refractivity contribution is 5.63. The largest absolute Gasteiger partial charge is 0.497 e. The van der Waals surface area contributed by atoms with Crippen molar-refractivity contribution in [3.63, 3.8) is 0 Å². The van der Waals surface area contributed by atoms with E-state index in [9.17, 15) is 9.65 Å². The summed E-state index contributed by atoms with van der Waals surface area (Å²) in [5.74, 6) is -0.127. The zero-order valence-electron chi connectivity index (χ0n) is 13.4. The van der Waals surface area contributed by atoms with Crippen molar-refractivity contribution in [2.45, 2.75) is 6.54 Å². The topological polar surface area (TPSA) is 65.3 Å². The van der Waals surface area contributed by atoms with Crippen molar-refractivity contribution in [3.05, 3.63) is 47.5 Å². The van der Waals surface area contributed by atoms with Gasteiger partial charge in [0.05, 0.1) is 18.5 Å². The number of hydrogen-bond acceptors (Lipinski definition) is 6. The number of piperazine rings is 1. The smallest absolute Gasteiger partial charge is 0.146 e. The first-order chi connectivity index (χ1) is 11.7. The number of anilines is 1. The van der Waals surface area contributed by atoms with Crippen molar-refractivity contribution in [3.8, 4) is 11.8 Å². The number of methoxy groups -OCH3 is 1. The molecule has 0 radical (unpaired) electrons. The van der Waals surface area contributed by atoms with E-state index in [-0.39, 0.29) is 5.56 Å². The summed E-state index contributed by atoms with van der Waals surface area (Å²) in [5.41, 5.74) is 1.59. The second-order valence-corrected chi connectivity index (χ2v) is 5.59. The van der Waals surface area contributed by atoms with E-state index >= 15 is 0 Å². The molecule has 0 unspecified atom stereocenters. The third kappa shape index (κ3) is 3.44. The van der Waals surface area contributed by atoms with Gasteiger partial charge in [-0.25, -0.2) is 4.39 Å². The molecule has 0 amide bonds. The van der Waals surface area contributed by atoms with Crippen LogP contribution in [0.1, 0.15) is 11.3 Å². The Morgan fingerprint density at radius 1 is 1.29 bits per heavy atom. The molecule has 0 N–H and O–H groups in total. The van der Waals surface area contributed by atoms with Gasteiger partial charge in [-0.15, -0.1) is 0 Å². The summed E-state index contributed by atoms with van der Waals surface area (Å²) in [6.07, 6.45) is 1.65. The lowest BCUT2D eigenvalue weighted by atomic mass is 10.1. The molecule has 1 fully saturated rings. The van der Waals surface area contributed by atoms with Crippen LogP contribution in [0.25, 0.3) is 0 Å². The molecule has 124 valence electrons. The molecule has 6 nitrogen and oxygen atoms in total. The van der Waals surface area contributed by atoms with E-state index in [2.05, 4.69) is 15.1 Å². The first-order valence-electron chi connectivity index (χ1n) is 7.73. The lowest BCUT2D eigenvalue weighted by Gasteiger charge is -2.36. The van der Waals surface area contributed by atoms with Crippen LogP contribution in [-0.4, -0.2) is 48.4 Å². The second kappa shape index (κ2) is 7.23. The average molecular weight is 327 g/mol. The number of rotatable bonds is 4. The standard InChI is InChI=1S/C17H18FN5O/c1-24-14-9-16(18)15(11-19)17(10-14)23-7-5-22(6-8-23)12-13-3-2-4-20-21-13/h2-4,9-10H,5-8,12H2,1H3. The maximum absolute atomic E-state index is 14.1. The Morgan fingerprint density at radius 2 is 2.08 bits per heavy atom. The van der Waals surface area contributed by atoms with Gasteiger partial charge in [0.15, 0.2) is 0 Å². The van der Waals surface area contributed by atoms with Gasteiger partial charge < -0.3 is 9.64 Å². The van der Waals surface area contributed by atoms with Gasteiger partial charge in [0, 0.05) is 51.1 Å². The minimum atomic E-state index is -0.547. The summed E-state index contributed by atoms with van der Waals surface area (Å²) in [4.78, 5) is 4.29. The van der Waals surface area contributed by atoms with Crippen LogP contribution in [0.3, 0.4) is 0 Å². The van der Waals surface area contributed by atoms with Gasteiger partial charge >= 0.3 is 0 Å². The van der Waals surface area contributed by atoms with Gasteiger partial charge in [-0.05, 0) is 12.1 Å². The molecule has 0 saturated carbocycles. The zero-order chi connectivity index (χ0) is 16.9. The summed E-state index contributed by atoms with van der Waals surface area (Å²) in [6.45, 7) is 3.77. The molecule has 1 aromatic heterocycles. The SMILES string of the molecule is COc1cc(F)c(C#N)c(N2CCN(Cc3cccnn3)CC2)c1. The molecular weight excluding hydrogens is 309 g/mol. The molecule has 2 heterocycles. The van der Waals surface area contributed by atoms with Crippen molar-refractivity contribution in [1.82, 2.24) is 15.1 Å². The van der Waals surface area contributed by atoms with Crippen molar-refractivity contribution >= 4 is 5.69 Å². The van der Waals surface area contributed by atoms with Crippen LogP contribution in [0.5, 0.6) is 5.75 Å². The highest BCUT2D eigenvalue weighted by Crippen LogP contribution is 2.29. The molecule has 1 aliphatic rings. The van der Waals surface area contributed by atoms with Crippen LogP contribution in [0.15, 0.2) is 30.5 Å². The van der Waals surface area contributed by atoms with Crippen LogP contribution in [0.2, 0.25) is 0 Å². The number of nitrogens with zero attached hydrogens (tertiary/aromatic N) is 5. The van der Waals surface area contributed by atoms with E-state index in [1.165, 1.54) is 13.2 Å². The number of ether oxygens (including phenoxy) is 1. The number of aromatic nitrogens is 2. The van der Waals surface area contributed by atoms with Crippen LogP contribution in [0, 0.1) is 17.1 Å². The maximum atomic E-state index is 14.1. The molecule has 24 heavy (non-hydrogen) atoms. The molecule has 0 spiro atoms. The summed E-state index contributed by atoms with van der Waals surface area (Å²) in [6, 6.07) is 8.74. The molecule has 0 aliphatic carbocycles. The monoisotopic (exact) mass is 327 g/mol. The van der Waals surface area contributed by atoms with Crippen LogP contribution >= 0.6 is 0 Å². The highest BCUT2D eigenvalue weighted by atomic mass is 19.1. The number of hydrogen-bond donors (Lipinski definition) is 0. The van der Waals surface area contributed by atoms with Crippen molar-refractivity contribution in [1.29, 1.82) is 5.26 Å². The molecule has 0 atom stereocenters. The summed E-state index contributed by atoms with van der Waals surface area (Å²) in [5, 5.41) is 17.2. The normalized spacial score (nSPS) is 15.1. The fourth-order valence-corrected chi connectivity index (χ4v) is 2.84. The summed E-state index contributed by atoms with van der Waals surface area (Å²) in [7, 11) is 1.49. The number of benzene rings is 1.